The molecule has 2 unspecified atom stereocenters. The Hall–Kier alpha value is -2.20. The Bertz CT molecular complexity index is 1020. The van der Waals surface area contributed by atoms with Gasteiger partial charge in [0.1, 0.15) is 0 Å². The van der Waals surface area contributed by atoms with Gasteiger partial charge in [0.05, 0.1) is 18.8 Å². The van der Waals surface area contributed by atoms with Gasteiger partial charge in [0.2, 0.25) is 0 Å². The van der Waals surface area contributed by atoms with Crippen LogP contribution in [0.25, 0.3) is 32.3 Å². The first-order valence-electron chi connectivity index (χ1n) is 9.28. The van der Waals surface area contributed by atoms with Crippen LogP contribution in [0.3, 0.4) is 0 Å². The summed E-state index contributed by atoms with van der Waals surface area (Å²) in [5, 5.41) is 30.9. The van der Waals surface area contributed by atoms with Gasteiger partial charge in [-0.15, -0.1) is 0 Å². The fourth-order valence-electron chi connectivity index (χ4n) is 3.95. The number of hydrogen-bond acceptors (Lipinski definition) is 3. The quantitative estimate of drug-likeness (QED) is 0.461. The maximum absolute atomic E-state index is 10.3. The van der Waals surface area contributed by atoms with Crippen LogP contribution >= 0.6 is 0 Å². The fourth-order valence-corrected chi connectivity index (χ4v) is 3.95. The molecule has 0 spiro atoms. The van der Waals surface area contributed by atoms with Crippen molar-refractivity contribution >= 4 is 32.3 Å². The van der Waals surface area contributed by atoms with Crippen LogP contribution in [-0.4, -0.2) is 29.0 Å². The topological polar surface area (TPSA) is 52.5 Å². The van der Waals surface area contributed by atoms with Gasteiger partial charge < -0.3 is 15.5 Å². The summed E-state index contributed by atoms with van der Waals surface area (Å²) in [4.78, 5) is 0. The zero-order chi connectivity index (χ0) is 18.3. The second-order valence-electron chi connectivity index (χ2n) is 7.49. The van der Waals surface area contributed by atoms with Crippen LogP contribution in [0.5, 0.6) is 0 Å². The molecule has 134 valence electrons. The zero-order valence-corrected chi connectivity index (χ0v) is 15.2. The van der Waals surface area contributed by atoms with Crippen molar-refractivity contribution in [1.82, 2.24) is 5.32 Å². The summed E-state index contributed by atoms with van der Waals surface area (Å²) < 4.78 is 0. The SMILES string of the molecule is CC(C)C(O)C(CO)NCc1ccc2ccc3cccc4ccc1c2c34. The Morgan fingerprint density at radius 3 is 2.12 bits per heavy atom. The molecular formula is C23H25NO2. The van der Waals surface area contributed by atoms with Crippen molar-refractivity contribution in [3.8, 4) is 0 Å². The molecule has 0 saturated heterocycles. The van der Waals surface area contributed by atoms with Crippen LogP contribution in [-0.2, 0) is 6.54 Å². The highest BCUT2D eigenvalue weighted by atomic mass is 16.3. The van der Waals surface area contributed by atoms with E-state index in [2.05, 4.69) is 59.9 Å². The van der Waals surface area contributed by atoms with E-state index in [-0.39, 0.29) is 18.6 Å². The molecule has 0 aliphatic heterocycles. The van der Waals surface area contributed by atoms with Crippen LogP contribution in [0, 0.1) is 5.92 Å². The van der Waals surface area contributed by atoms with Gasteiger partial charge in [-0.25, -0.2) is 0 Å². The molecule has 0 saturated carbocycles. The van der Waals surface area contributed by atoms with Gasteiger partial charge in [0, 0.05) is 6.54 Å². The van der Waals surface area contributed by atoms with Crippen LogP contribution in [0.2, 0.25) is 0 Å². The number of nitrogens with one attached hydrogen (secondary N) is 1. The molecule has 0 bridgehead atoms. The highest BCUT2D eigenvalue weighted by Crippen LogP contribution is 2.35. The third-order valence-corrected chi connectivity index (χ3v) is 5.47. The van der Waals surface area contributed by atoms with E-state index in [1.165, 1.54) is 37.9 Å². The molecule has 0 aliphatic rings. The largest absolute Gasteiger partial charge is 0.395 e. The number of hydrogen-bond donors (Lipinski definition) is 3. The van der Waals surface area contributed by atoms with E-state index in [9.17, 15) is 10.2 Å². The summed E-state index contributed by atoms with van der Waals surface area (Å²) in [6.45, 7) is 4.46. The van der Waals surface area contributed by atoms with Crippen molar-refractivity contribution in [2.45, 2.75) is 32.5 Å². The minimum atomic E-state index is -0.570. The summed E-state index contributed by atoms with van der Waals surface area (Å²) >= 11 is 0. The normalized spacial score (nSPS) is 14.7. The van der Waals surface area contributed by atoms with E-state index in [1.807, 2.05) is 13.8 Å². The van der Waals surface area contributed by atoms with Crippen LogP contribution in [0.1, 0.15) is 19.4 Å². The summed E-state index contributed by atoms with van der Waals surface area (Å²) in [5.74, 6) is 0.0982. The van der Waals surface area contributed by atoms with Gasteiger partial charge >= 0.3 is 0 Å². The zero-order valence-electron chi connectivity index (χ0n) is 15.2. The van der Waals surface area contributed by atoms with E-state index in [4.69, 9.17) is 0 Å². The lowest BCUT2D eigenvalue weighted by Gasteiger charge is -2.25. The van der Waals surface area contributed by atoms with Crippen molar-refractivity contribution in [1.29, 1.82) is 0 Å². The van der Waals surface area contributed by atoms with Crippen molar-refractivity contribution in [3.05, 3.63) is 60.2 Å². The number of aliphatic hydroxyl groups excluding tert-OH is 2. The van der Waals surface area contributed by atoms with Crippen LogP contribution < -0.4 is 5.32 Å². The van der Waals surface area contributed by atoms with E-state index >= 15 is 0 Å². The van der Waals surface area contributed by atoms with Gasteiger partial charge in [-0.05, 0) is 43.8 Å². The van der Waals surface area contributed by atoms with E-state index in [1.54, 1.807) is 0 Å². The minimum absolute atomic E-state index is 0.0782. The predicted octanol–water partition coefficient (Wildman–Crippen LogP) is 4.05. The monoisotopic (exact) mass is 347 g/mol. The average molecular weight is 347 g/mol. The molecule has 0 heterocycles. The second kappa shape index (κ2) is 6.84. The fraction of sp³-hybridized carbons (Fsp3) is 0.304. The van der Waals surface area contributed by atoms with E-state index in [0.717, 1.165) is 0 Å². The lowest BCUT2D eigenvalue weighted by molar-refractivity contribution is 0.0549. The molecule has 3 nitrogen and oxygen atoms in total. The number of benzene rings is 4. The van der Waals surface area contributed by atoms with Gasteiger partial charge in [-0.1, -0.05) is 68.4 Å². The first kappa shape index (κ1) is 17.2. The highest BCUT2D eigenvalue weighted by molar-refractivity contribution is 6.23. The van der Waals surface area contributed by atoms with Gasteiger partial charge in [0.15, 0.2) is 0 Å². The molecule has 2 atom stereocenters. The summed E-state index contributed by atoms with van der Waals surface area (Å²) in [5.41, 5.74) is 1.19. The Morgan fingerprint density at radius 1 is 0.846 bits per heavy atom. The second-order valence-corrected chi connectivity index (χ2v) is 7.49. The molecule has 0 aromatic heterocycles. The average Bonchev–Trinajstić information content (AvgIpc) is 2.67. The van der Waals surface area contributed by atoms with Crippen molar-refractivity contribution < 1.29 is 10.2 Å². The maximum atomic E-state index is 10.3. The first-order valence-corrected chi connectivity index (χ1v) is 9.28. The summed E-state index contributed by atoms with van der Waals surface area (Å²) in [7, 11) is 0. The maximum Gasteiger partial charge on any atom is 0.0738 e. The van der Waals surface area contributed by atoms with Gasteiger partial charge in [0.25, 0.3) is 0 Å². The Morgan fingerprint density at radius 2 is 1.46 bits per heavy atom. The Balaban J connectivity index is 1.76. The molecule has 26 heavy (non-hydrogen) atoms. The smallest absolute Gasteiger partial charge is 0.0738 e. The van der Waals surface area contributed by atoms with E-state index < -0.39 is 6.10 Å². The third kappa shape index (κ3) is 2.82. The number of aliphatic hydroxyl groups is 2. The first-order chi connectivity index (χ1) is 12.6. The standard InChI is InChI=1S/C23H25NO2/c1-14(2)23(26)20(13-25)24-12-18-9-8-17-7-6-15-4-3-5-16-10-11-19(18)22(17)21(15)16/h3-11,14,20,23-26H,12-13H2,1-2H3. The molecule has 0 fully saturated rings. The molecule has 0 radical (unpaired) electrons. The van der Waals surface area contributed by atoms with Crippen LogP contribution in [0.15, 0.2) is 54.6 Å². The van der Waals surface area contributed by atoms with Crippen molar-refractivity contribution in [2.75, 3.05) is 6.61 Å². The minimum Gasteiger partial charge on any atom is -0.395 e. The Labute approximate surface area is 153 Å². The molecule has 0 amide bonds. The van der Waals surface area contributed by atoms with Crippen molar-refractivity contribution in [3.63, 3.8) is 0 Å². The lowest BCUT2D eigenvalue weighted by atomic mass is 9.92. The molecule has 3 N–H and O–H groups in total. The summed E-state index contributed by atoms with van der Waals surface area (Å²) in [6.07, 6.45) is -0.570. The molecule has 0 aliphatic carbocycles. The highest BCUT2D eigenvalue weighted by Gasteiger charge is 2.21. The van der Waals surface area contributed by atoms with Gasteiger partial charge in [-0.3, -0.25) is 0 Å². The number of rotatable bonds is 6. The lowest BCUT2D eigenvalue weighted by Crippen LogP contribution is -2.44. The van der Waals surface area contributed by atoms with E-state index in [0.29, 0.717) is 6.54 Å². The molecule has 4 rings (SSSR count). The predicted molar refractivity (Wildman–Crippen MR) is 109 cm³/mol. The van der Waals surface area contributed by atoms with Crippen molar-refractivity contribution in [2.24, 2.45) is 5.92 Å². The Kier molecular flexibility index (Phi) is 4.53. The third-order valence-electron chi connectivity index (χ3n) is 5.47. The molecule has 4 aromatic rings. The molecular weight excluding hydrogens is 322 g/mol. The van der Waals surface area contributed by atoms with Crippen LogP contribution in [0.4, 0.5) is 0 Å². The molecule has 3 heteroatoms. The summed E-state index contributed by atoms with van der Waals surface area (Å²) in [6, 6.07) is 19.1. The van der Waals surface area contributed by atoms with Gasteiger partial charge in [-0.2, -0.15) is 0 Å². The molecule has 4 aromatic carbocycles.